The first-order valence-corrected chi connectivity index (χ1v) is 9.47. The summed E-state index contributed by atoms with van der Waals surface area (Å²) in [6.07, 6.45) is 3.62. The van der Waals surface area contributed by atoms with Crippen molar-refractivity contribution in [2.75, 3.05) is 26.1 Å². The predicted octanol–water partition coefficient (Wildman–Crippen LogP) is 4.32. The maximum atomic E-state index is 13.0. The van der Waals surface area contributed by atoms with Crippen molar-refractivity contribution in [3.8, 4) is 22.9 Å². The highest BCUT2D eigenvalue weighted by molar-refractivity contribution is 6.05. The average Bonchev–Trinajstić information content (AvgIpc) is 3.20. The molecular formula is C22H25N3O4. The molecule has 0 spiro atoms. The smallest absolute Gasteiger partial charge is 0.280 e. The topological polar surface area (TPSA) is 74.6 Å². The van der Waals surface area contributed by atoms with Crippen molar-refractivity contribution in [2.45, 2.75) is 19.8 Å². The molecule has 0 bridgehead atoms. The van der Waals surface area contributed by atoms with Crippen LogP contribution in [0, 0.1) is 0 Å². The van der Waals surface area contributed by atoms with Crippen molar-refractivity contribution >= 4 is 11.6 Å². The van der Waals surface area contributed by atoms with Gasteiger partial charge in [0.15, 0.2) is 11.4 Å². The van der Waals surface area contributed by atoms with Gasteiger partial charge in [-0.2, -0.15) is 5.10 Å². The number of carbonyl (C=O) groups excluding carboxylic acids is 1. The molecule has 1 N–H and O–H groups in total. The van der Waals surface area contributed by atoms with Crippen molar-refractivity contribution in [1.29, 1.82) is 0 Å². The summed E-state index contributed by atoms with van der Waals surface area (Å²) in [6.45, 7) is 2.66. The monoisotopic (exact) mass is 395 g/mol. The molecule has 3 aromatic rings. The van der Waals surface area contributed by atoms with Gasteiger partial charge in [-0.1, -0.05) is 31.5 Å². The maximum absolute atomic E-state index is 13.0. The number of hydrogen-bond acceptors (Lipinski definition) is 5. The third-order valence-corrected chi connectivity index (χ3v) is 4.33. The van der Waals surface area contributed by atoms with Crippen LogP contribution in [0.5, 0.6) is 17.2 Å². The fourth-order valence-corrected chi connectivity index (χ4v) is 2.75. The summed E-state index contributed by atoms with van der Waals surface area (Å²) in [5.41, 5.74) is 1.52. The fraction of sp³-hybridized carbons (Fsp3) is 0.273. The number of nitrogens with zero attached hydrogens (tertiary/aromatic N) is 2. The molecule has 7 nitrogen and oxygen atoms in total. The normalized spacial score (nSPS) is 10.4. The Balaban J connectivity index is 1.87. The van der Waals surface area contributed by atoms with E-state index in [4.69, 9.17) is 14.2 Å². The number of methoxy groups -OCH3 is 2. The van der Waals surface area contributed by atoms with Crippen LogP contribution in [0.2, 0.25) is 0 Å². The number of aromatic nitrogens is 2. The third-order valence-electron chi connectivity index (χ3n) is 4.33. The lowest BCUT2D eigenvalue weighted by atomic mass is 10.2. The molecule has 0 aliphatic heterocycles. The molecule has 29 heavy (non-hydrogen) atoms. The maximum Gasteiger partial charge on any atom is 0.280 e. The van der Waals surface area contributed by atoms with Crippen LogP contribution in [0.3, 0.4) is 0 Å². The lowest BCUT2D eigenvalue weighted by Gasteiger charge is -2.13. The van der Waals surface area contributed by atoms with Crippen molar-refractivity contribution in [3.63, 3.8) is 0 Å². The van der Waals surface area contributed by atoms with Crippen LogP contribution in [0.25, 0.3) is 5.69 Å². The number of unbranched alkanes of at least 4 members (excludes halogenated alkanes) is 1. The molecule has 0 radical (unpaired) electrons. The summed E-state index contributed by atoms with van der Waals surface area (Å²) < 4.78 is 18.1. The molecule has 0 unspecified atom stereocenters. The molecule has 7 heteroatoms. The SMILES string of the molecule is CCCCOc1ccc(OC)cc1NC(=O)c1nn(-c2ccccc2)cc1OC. The van der Waals surface area contributed by atoms with Crippen LogP contribution in [-0.4, -0.2) is 36.5 Å². The molecule has 1 amide bonds. The van der Waals surface area contributed by atoms with Gasteiger partial charge in [0.25, 0.3) is 5.91 Å². The van der Waals surface area contributed by atoms with E-state index in [1.165, 1.54) is 7.11 Å². The Bertz CT molecular complexity index is 954. The van der Waals surface area contributed by atoms with Crippen LogP contribution < -0.4 is 19.5 Å². The Hall–Kier alpha value is -3.48. The van der Waals surface area contributed by atoms with E-state index in [0.29, 0.717) is 29.5 Å². The van der Waals surface area contributed by atoms with Gasteiger partial charge in [-0.05, 0) is 30.7 Å². The molecule has 2 aromatic carbocycles. The minimum Gasteiger partial charge on any atom is -0.497 e. The largest absolute Gasteiger partial charge is 0.497 e. The van der Waals surface area contributed by atoms with E-state index in [0.717, 1.165) is 18.5 Å². The summed E-state index contributed by atoms with van der Waals surface area (Å²) in [7, 11) is 3.08. The number of carbonyl (C=O) groups is 1. The number of amides is 1. The molecule has 1 heterocycles. The standard InChI is InChI=1S/C22H25N3O4/c1-4-5-13-29-19-12-11-17(27-2)14-18(19)23-22(26)21-20(28-3)15-25(24-21)16-9-7-6-8-10-16/h6-12,14-15H,4-5,13H2,1-3H3,(H,23,26). The average molecular weight is 395 g/mol. The molecule has 0 fully saturated rings. The first-order chi connectivity index (χ1) is 14.2. The number of hydrogen-bond donors (Lipinski definition) is 1. The quantitative estimate of drug-likeness (QED) is 0.546. The Morgan fingerprint density at radius 2 is 1.86 bits per heavy atom. The highest BCUT2D eigenvalue weighted by Crippen LogP contribution is 2.30. The first kappa shape index (κ1) is 20.3. The number of para-hydroxylation sites is 1. The zero-order valence-electron chi connectivity index (χ0n) is 16.8. The molecule has 0 aliphatic rings. The van der Waals surface area contributed by atoms with Crippen molar-refractivity contribution in [1.82, 2.24) is 9.78 Å². The number of ether oxygens (including phenoxy) is 3. The Labute approximate surface area is 170 Å². The Morgan fingerprint density at radius 1 is 1.07 bits per heavy atom. The van der Waals surface area contributed by atoms with Gasteiger partial charge in [0.05, 0.1) is 38.4 Å². The second kappa shape index (κ2) is 9.64. The summed E-state index contributed by atoms with van der Waals surface area (Å²) in [6, 6.07) is 14.8. The number of nitrogens with one attached hydrogen (secondary N) is 1. The van der Waals surface area contributed by atoms with Crippen LogP contribution >= 0.6 is 0 Å². The lowest BCUT2D eigenvalue weighted by molar-refractivity contribution is 0.101. The highest BCUT2D eigenvalue weighted by Gasteiger charge is 2.20. The van der Waals surface area contributed by atoms with E-state index in [2.05, 4.69) is 17.3 Å². The van der Waals surface area contributed by atoms with Crippen LogP contribution in [0.4, 0.5) is 5.69 Å². The molecule has 1 aromatic heterocycles. The number of benzene rings is 2. The van der Waals surface area contributed by atoms with Gasteiger partial charge >= 0.3 is 0 Å². The fourth-order valence-electron chi connectivity index (χ4n) is 2.75. The minimum absolute atomic E-state index is 0.179. The summed E-state index contributed by atoms with van der Waals surface area (Å²) >= 11 is 0. The first-order valence-electron chi connectivity index (χ1n) is 9.47. The van der Waals surface area contributed by atoms with Crippen molar-refractivity contribution in [2.24, 2.45) is 0 Å². The van der Waals surface area contributed by atoms with E-state index in [1.807, 2.05) is 30.3 Å². The number of rotatable bonds is 9. The molecule has 152 valence electrons. The third kappa shape index (κ3) is 4.87. The summed E-state index contributed by atoms with van der Waals surface area (Å²) in [4.78, 5) is 13.0. The van der Waals surface area contributed by atoms with Gasteiger partial charge in [-0.25, -0.2) is 4.68 Å². The predicted molar refractivity (Wildman–Crippen MR) is 111 cm³/mol. The van der Waals surface area contributed by atoms with E-state index >= 15 is 0 Å². The molecule has 0 aliphatic carbocycles. The van der Waals surface area contributed by atoms with Gasteiger partial charge in [0.2, 0.25) is 0 Å². The van der Waals surface area contributed by atoms with Gasteiger partial charge in [-0.15, -0.1) is 0 Å². The molecular weight excluding hydrogens is 370 g/mol. The van der Waals surface area contributed by atoms with Crippen molar-refractivity contribution in [3.05, 3.63) is 60.4 Å². The van der Waals surface area contributed by atoms with Crippen LogP contribution in [0.1, 0.15) is 30.3 Å². The minimum atomic E-state index is -0.398. The van der Waals surface area contributed by atoms with Crippen molar-refractivity contribution < 1.29 is 19.0 Å². The second-order valence-electron chi connectivity index (χ2n) is 6.34. The van der Waals surface area contributed by atoms with Gasteiger partial charge in [-0.3, -0.25) is 4.79 Å². The van der Waals surface area contributed by atoms with Gasteiger partial charge in [0.1, 0.15) is 11.5 Å². The van der Waals surface area contributed by atoms with E-state index < -0.39 is 5.91 Å². The second-order valence-corrected chi connectivity index (χ2v) is 6.34. The van der Waals surface area contributed by atoms with E-state index in [9.17, 15) is 4.79 Å². The molecule has 0 saturated carbocycles. The zero-order valence-corrected chi connectivity index (χ0v) is 16.8. The van der Waals surface area contributed by atoms with Gasteiger partial charge < -0.3 is 19.5 Å². The Morgan fingerprint density at radius 3 is 2.55 bits per heavy atom. The van der Waals surface area contributed by atoms with E-state index in [-0.39, 0.29) is 5.69 Å². The molecule has 0 atom stereocenters. The van der Waals surface area contributed by atoms with Crippen LogP contribution in [0.15, 0.2) is 54.7 Å². The molecule has 0 saturated heterocycles. The zero-order chi connectivity index (χ0) is 20.6. The van der Waals surface area contributed by atoms with Crippen LogP contribution in [-0.2, 0) is 0 Å². The highest BCUT2D eigenvalue weighted by atomic mass is 16.5. The summed E-state index contributed by atoms with van der Waals surface area (Å²) in [5, 5.41) is 7.27. The summed E-state index contributed by atoms with van der Waals surface area (Å²) in [5.74, 6) is 1.17. The molecule has 3 rings (SSSR count). The number of anilines is 1. The van der Waals surface area contributed by atoms with E-state index in [1.54, 1.807) is 36.2 Å². The van der Waals surface area contributed by atoms with Gasteiger partial charge in [0, 0.05) is 6.07 Å². The lowest BCUT2D eigenvalue weighted by Crippen LogP contribution is -2.15. The Kier molecular flexibility index (Phi) is 6.73.